The largest absolute Gasteiger partial charge is 0.362 e. The molecular weight excluding hydrogens is 296 g/mol. The normalized spacial score (nSPS) is 11.2. The van der Waals surface area contributed by atoms with Gasteiger partial charge in [0.2, 0.25) is 5.28 Å². The molecule has 0 saturated carbocycles. The number of anilines is 1. The van der Waals surface area contributed by atoms with Crippen LogP contribution in [0, 0.1) is 6.92 Å². The van der Waals surface area contributed by atoms with E-state index in [0.29, 0.717) is 6.54 Å². The molecule has 1 N–H and O–H groups in total. The van der Waals surface area contributed by atoms with Crippen molar-refractivity contribution in [3.05, 3.63) is 33.7 Å². The van der Waals surface area contributed by atoms with Gasteiger partial charge in [-0.25, -0.2) is 9.97 Å². The predicted molar refractivity (Wildman–Crippen MR) is 80.4 cm³/mol. The molecule has 7 heteroatoms. The molecule has 0 saturated heterocycles. The lowest BCUT2D eigenvalue weighted by Crippen LogP contribution is -2.01. The molecule has 5 nitrogen and oxygen atoms in total. The molecule has 20 heavy (non-hydrogen) atoms. The Bertz CT molecular complexity index is 752. The second-order valence-electron chi connectivity index (χ2n) is 4.41. The second-order valence-corrected chi connectivity index (χ2v) is 5.87. The van der Waals surface area contributed by atoms with Crippen LogP contribution < -0.4 is 5.32 Å². The minimum atomic E-state index is 0.248. The lowest BCUT2D eigenvalue weighted by molar-refractivity contribution is 0.384. The van der Waals surface area contributed by atoms with E-state index in [4.69, 9.17) is 16.1 Å². The molecule has 3 aromatic rings. The van der Waals surface area contributed by atoms with Gasteiger partial charge in [0.25, 0.3) is 0 Å². The number of hydrogen-bond acceptors (Lipinski definition) is 6. The predicted octanol–water partition coefficient (Wildman–Crippen LogP) is 3.82. The van der Waals surface area contributed by atoms with Crippen LogP contribution in [0.4, 0.5) is 5.82 Å². The summed E-state index contributed by atoms with van der Waals surface area (Å²) in [6.45, 7) is 4.52. The van der Waals surface area contributed by atoms with E-state index < -0.39 is 0 Å². The third-order valence-corrected chi connectivity index (χ3v) is 4.21. The van der Waals surface area contributed by atoms with Gasteiger partial charge in [-0.3, -0.25) is 0 Å². The summed E-state index contributed by atoms with van der Waals surface area (Å²) in [6.07, 6.45) is 0.972. The summed E-state index contributed by atoms with van der Waals surface area (Å²) in [5, 5.41) is 8.33. The van der Waals surface area contributed by atoms with Crippen molar-refractivity contribution in [3.8, 4) is 0 Å². The molecule has 0 fully saturated rings. The maximum atomic E-state index is 5.97. The SMILES string of the molecule is CCc1cc2c(NCc3cc(C)no3)nc(Cl)nc2s1. The van der Waals surface area contributed by atoms with Gasteiger partial charge in [-0.1, -0.05) is 12.1 Å². The molecule has 0 aliphatic rings. The van der Waals surface area contributed by atoms with E-state index in [9.17, 15) is 0 Å². The van der Waals surface area contributed by atoms with Gasteiger partial charge < -0.3 is 9.84 Å². The molecule has 3 aromatic heterocycles. The van der Waals surface area contributed by atoms with Crippen LogP contribution in [0.25, 0.3) is 10.2 Å². The number of hydrogen-bond donors (Lipinski definition) is 1. The van der Waals surface area contributed by atoms with Crippen molar-refractivity contribution in [2.75, 3.05) is 5.32 Å². The molecule has 0 bridgehead atoms. The zero-order chi connectivity index (χ0) is 14.1. The summed E-state index contributed by atoms with van der Waals surface area (Å²) >= 11 is 7.61. The number of fused-ring (bicyclic) bond motifs is 1. The van der Waals surface area contributed by atoms with Gasteiger partial charge in [0.05, 0.1) is 17.6 Å². The number of aromatic nitrogens is 3. The number of nitrogens with one attached hydrogen (secondary N) is 1. The second kappa shape index (κ2) is 5.38. The molecule has 0 aliphatic carbocycles. The van der Waals surface area contributed by atoms with Crippen LogP contribution >= 0.6 is 22.9 Å². The summed E-state index contributed by atoms with van der Waals surface area (Å²) in [6, 6.07) is 3.99. The van der Waals surface area contributed by atoms with Crippen LogP contribution in [0.3, 0.4) is 0 Å². The Morgan fingerprint density at radius 2 is 2.20 bits per heavy atom. The minimum Gasteiger partial charge on any atom is -0.362 e. The van der Waals surface area contributed by atoms with E-state index in [0.717, 1.165) is 33.9 Å². The van der Waals surface area contributed by atoms with Gasteiger partial charge in [-0.05, 0) is 31.0 Å². The molecule has 0 amide bonds. The molecule has 104 valence electrons. The van der Waals surface area contributed by atoms with Crippen molar-refractivity contribution in [1.29, 1.82) is 0 Å². The first kappa shape index (κ1) is 13.3. The molecule has 3 rings (SSSR count). The average molecular weight is 309 g/mol. The standard InChI is InChI=1S/C13H13ClN4OS/c1-3-9-5-10-11(16-13(14)17-12(10)20-9)15-6-8-4-7(2)18-19-8/h4-5H,3,6H2,1-2H3,(H,15,16,17). The van der Waals surface area contributed by atoms with E-state index in [2.05, 4.69) is 33.4 Å². The van der Waals surface area contributed by atoms with Gasteiger partial charge in [0.15, 0.2) is 5.76 Å². The average Bonchev–Trinajstić information content (AvgIpc) is 3.01. The number of rotatable bonds is 4. The number of aryl methyl sites for hydroxylation is 2. The third kappa shape index (κ3) is 2.62. The monoisotopic (exact) mass is 308 g/mol. The Morgan fingerprint density at radius 1 is 1.35 bits per heavy atom. The van der Waals surface area contributed by atoms with Crippen molar-refractivity contribution >= 4 is 39.0 Å². The molecule has 0 spiro atoms. The van der Waals surface area contributed by atoms with Crippen LogP contribution in [0.2, 0.25) is 5.28 Å². The first-order valence-electron chi connectivity index (χ1n) is 6.27. The Labute approximate surface area is 125 Å². The number of thiophene rings is 1. The molecule has 0 aliphatic heterocycles. The van der Waals surface area contributed by atoms with Crippen LogP contribution in [-0.4, -0.2) is 15.1 Å². The van der Waals surface area contributed by atoms with Gasteiger partial charge >= 0.3 is 0 Å². The third-order valence-electron chi connectivity index (χ3n) is 2.87. The lowest BCUT2D eigenvalue weighted by atomic mass is 10.3. The molecule has 0 radical (unpaired) electrons. The van der Waals surface area contributed by atoms with Crippen LogP contribution in [0.15, 0.2) is 16.7 Å². The van der Waals surface area contributed by atoms with Gasteiger partial charge in [0, 0.05) is 10.9 Å². The smallest absolute Gasteiger partial charge is 0.225 e. The fourth-order valence-electron chi connectivity index (χ4n) is 1.92. The van der Waals surface area contributed by atoms with Crippen LogP contribution in [0.1, 0.15) is 23.3 Å². The highest BCUT2D eigenvalue weighted by Crippen LogP contribution is 2.30. The molecule has 3 heterocycles. The summed E-state index contributed by atoms with van der Waals surface area (Å²) in [4.78, 5) is 10.7. The maximum absolute atomic E-state index is 5.97. The van der Waals surface area contributed by atoms with E-state index in [1.807, 2.05) is 13.0 Å². The van der Waals surface area contributed by atoms with Gasteiger partial charge in [0.1, 0.15) is 10.6 Å². The first-order chi connectivity index (χ1) is 9.65. The van der Waals surface area contributed by atoms with Gasteiger partial charge in [-0.15, -0.1) is 11.3 Å². The number of halogens is 1. The van der Waals surface area contributed by atoms with Crippen molar-refractivity contribution in [3.63, 3.8) is 0 Å². The van der Waals surface area contributed by atoms with Crippen molar-refractivity contribution in [1.82, 2.24) is 15.1 Å². The van der Waals surface area contributed by atoms with Crippen molar-refractivity contribution in [2.24, 2.45) is 0 Å². The summed E-state index contributed by atoms with van der Waals surface area (Å²) < 4.78 is 5.17. The van der Waals surface area contributed by atoms with E-state index in [1.165, 1.54) is 4.88 Å². The summed E-state index contributed by atoms with van der Waals surface area (Å²) in [5.41, 5.74) is 0.858. The van der Waals surface area contributed by atoms with Gasteiger partial charge in [-0.2, -0.15) is 0 Å². The summed E-state index contributed by atoms with van der Waals surface area (Å²) in [5.74, 6) is 1.49. The maximum Gasteiger partial charge on any atom is 0.225 e. The quantitative estimate of drug-likeness (QED) is 0.742. The Morgan fingerprint density at radius 3 is 2.90 bits per heavy atom. The lowest BCUT2D eigenvalue weighted by Gasteiger charge is -2.04. The molecule has 0 atom stereocenters. The highest BCUT2D eigenvalue weighted by molar-refractivity contribution is 7.18. The molecular formula is C13H13ClN4OS. The van der Waals surface area contributed by atoms with Crippen LogP contribution in [-0.2, 0) is 13.0 Å². The first-order valence-corrected chi connectivity index (χ1v) is 7.47. The Balaban J connectivity index is 1.91. The highest BCUT2D eigenvalue weighted by Gasteiger charge is 2.11. The van der Waals surface area contributed by atoms with E-state index in [1.54, 1.807) is 11.3 Å². The van der Waals surface area contributed by atoms with Crippen LogP contribution in [0.5, 0.6) is 0 Å². The Kier molecular flexibility index (Phi) is 3.58. The van der Waals surface area contributed by atoms with Crippen molar-refractivity contribution in [2.45, 2.75) is 26.8 Å². The minimum absolute atomic E-state index is 0.248. The zero-order valence-corrected chi connectivity index (χ0v) is 12.7. The van der Waals surface area contributed by atoms with E-state index >= 15 is 0 Å². The summed E-state index contributed by atoms with van der Waals surface area (Å²) in [7, 11) is 0. The zero-order valence-electron chi connectivity index (χ0n) is 11.1. The highest BCUT2D eigenvalue weighted by atomic mass is 35.5. The molecule has 0 aromatic carbocycles. The topological polar surface area (TPSA) is 63.8 Å². The van der Waals surface area contributed by atoms with Crippen molar-refractivity contribution < 1.29 is 4.52 Å². The van der Waals surface area contributed by atoms with E-state index in [-0.39, 0.29) is 5.28 Å². The fraction of sp³-hybridized carbons (Fsp3) is 0.308. The fourth-order valence-corrected chi connectivity index (χ4v) is 3.11. The number of nitrogens with zero attached hydrogens (tertiary/aromatic N) is 3. The Hall–Kier alpha value is -1.66. The molecule has 0 unspecified atom stereocenters.